The van der Waals surface area contributed by atoms with E-state index in [0.29, 0.717) is 0 Å². The fourth-order valence-electron chi connectivity index (χ4n) is 0. The van der Waals surface area contributed by atoms with Crippen LogP contribution in [0.25, 0.3) is 0 Å². The van der Waals surface area contributed by atoms with Crippen LogP contribution in [0.15, 0.2) is 0 Å². The average Bonchev–Trinajstić information content (AvgIpc) is 1.46. The number of hydrogen-bond donors (Lipinski definition) is 0. The quantitative estimate of drug-likeness (QED) is 0.354. The SMILES string of the molecule is [Cd]=[Te].[Te]=C=[Te]. The minimum absolute atomic E-state index is 1.16. The topological polar surface area (TPSA) is 0 Å². The van der Waals surface area contributed by atoms with Crippen molar-refractivity contribution in [3.05, 3.63) is 0 Å². The van der Waals surface area contributed by atoms with Gasteiger partial charge in [0.05, 0.1) is 0 Å². The second-order valence-electron chi connectivity index (χ2n) is 0.0833. The first kappa shape index (κ1) is 10.9. The molecule has 0 saturated carbocycles. The molecule has 0 saturated heterocycles. The third-order valence-electron chi connectivity index (χ3n) is 0. The Labute approximate surface area is 80.9 Å². The zero-order valence-electron chi connectivity index (χ0n) is 2.43. The van der Waals surface area contributed by atoms with Crippen molar-refractivity contribution in [2.24, 2.45) is 0 Å². The van der Waals surface area contributed by atoms with Gasteiger partial charge < -0.3 is 0 Å². The Hall–Kier alpha value is 3.07. The molecule has 0 atom stereocenters. The van der Waals surface area contributed by atoms with Gasteiger partial charge in [0.15, 0.2) is 0 Å². The molecule has 0 bridgehead atoms. The number of hydrogen-bond acceptors (Lipinski definition) is 0. The van der Waals surface area contributed by atoms with Crippen molar-refractivity contribution in [1.82, 2.24) is 0 Å². The Morgan fingerprint density at radius 2 is 1.20 bits per heavy atom. The second-order valence-corrected chi connectivity index (χ2v) is 3.75. The molecule has 5 heavy (non-hydrogen) atoms. The van der Waals surface area contributed by atoms with Crippen LogP contribution in [-0.4, -0.2) is 62.2 Å². The van der Waals surface area contributed by atoms with E-state index < -0.39 is 0 Å². The average molecular weight is 507 g/mol. The van der Waals surface area contributed by atoms with E-state index >= 15 is 0 Å². The molecule has 0 amide bonds. The molecule has 4 heteroatoms. The van der Waals surface area contributed by atoms with E-state index in [2.05, 4.69) is 18.5 Å². The van der Waals surface area contributed by atoms with Crippen molar-refractivity contribution >= 4 is 62.2 Å². The van der Waals surface area contributed by atoms with Crippen LogP contribution >= 0.6 is 0 Å². The van der Waals surface area contributed by atoms with E-state index in [9.17, 15) is 0 Å². The van der Waals surface area contributed by atoms with Crippen LogP contribution in [0.5, 0.6) is 0 Å². The first-order valence-electron chi connectivity index (χ1n) is 0.697. The summed E-state index contributed by atoms with van der Waals surface area (Å²) in [6, 6.07) is 0. The summed E-state index contributed by atoms with van der Waals surface area (Å²) in [5.41, 5.74) is 0. The summed E-state index contributed by atoms with van der Waals surface area (Å²) in [6.07, 6.45) is 0. The summed E-state index contributed by atoms with van der Waals surface area (Å²) in [5.74, 6) is 0. The molecule has 0 N–H and O–H groups in total. The molecule has 0 nitrogen and oxygen atoms in total. The maximum absolute atomic E-state index is 2.77. The molecular formula is CCdTe3. The molecule has 0 spiro atoms. The summed E-state index contributed by atoms with van der Waals surface area (Å²) >= 11 is 6.93. The van der Waals surface area contributed by atoms with E-state index in [-0.39, 0.29) is 0 Å². The summed E-state index contributed by atoms with van der Waals surface area (Å²) < 4.78 is 2.77. The van der Waals surface area contributed by atoms with Crippen molar-refractivity contribution in [2.75, 3.05) is 0 Å². The zero-order chi connectivity index (χ0) is 4.71. The van der Waals surface area contributed by atoms with E-state index in [4.69, 9.17) is 0 Å². The minimum atomic E-state index is 1.16. The van der Waals surface area contributed by atoms with Crippen LogP contribution < -0.4 is 0 Å². The normalized spacial score (nSPS) is 2.80. The second kappa shape index (κ2) is 15.7. The third kappa shape index (κ3) is 19.3. The summed E-state index contributed by atoms with van der Waals surface area (Å²) in [6.45, 7) is 0. The predicted octanol–water partition coefficient (Wildman–Crippen LogP) is -1.42. The van der Waals surface area contributed by atoms with Gasteiger partial charge in [-0.25, -0.2) is 0 Å². The van der Waals surface area contributed by atoms with Crippen LogP contribution in [0.2, 0.25) is 0 Å². The monoisotopic (exact) mass is 516 g/mol. The Bertz CT molecular complexity index is 36.2. The van der Waals surface area contributed by atoms with E-state index in [1.165, 1.54) is 0 Å². The summed E-state index contributed by atoms with van der Waals surface area (Å²) in [7, 11) is 0. The maximum atomic E-state index is 2.77. The third-order valence-corrected chi connectivity index (χ3v) is 0. The Morgan fingerprint density at radius 3 is 1.20 bits per heavy atom. The molecule has 0 heterocycles. The Morgan fingerprint density at radius 1 is 1.20 bits per heavy atom. The number of rotatable bonds is 0. The fraction of sp³-hybridized carbons (Fsp3) is 0. The Balaban J connectivity index is 0. The van der Waals surface area contributed by atoms with Gasteiger partial charge in [0.25, 0.3) is 0 Å². The molecule has 24 valence electrons. The van der Waals surface area contributed by atoms with Crippen LogP contribution in [0, 0.1) is 0 Å². The summed E-state index contributed by atoms with van der Waals surface area (Å²) in [5, 5.41) is 0. The van der Waals surface area contributed by atoms with Gasteiger partial charge in [-0.2, -0.15) is 0 Å². The van der Waals surface area contributed by atoms with Crippen molar-refractivity contribution in [3.63, 3.8) is 0 Å². The van der Waals surface area contributed by atoms with Crippen molar-refractivity contribution in [1.29, 1.82) is 0 Å². The van der Waals surface area contributed by atoms with Crippen LogP contribution in [0.4, 0.5) is 0 Å². The van der Waals surface area contributed by atoms with E-state index in [1.807, 2.05) is 43.6 Å². The van der Waals surface area contributed by atoms with Crippen molar-refractivity contribution < 1.29 is 20.9 Å². The molecule has 0 aliphatic carbocycles. The van der Waals surface area contributed by atoms with Gasteiger partial charge in [-0.3, -0.25) is 0 Å². The molecule has 0 aliphatic heterocycles. The van der Waals surface area contributed by atoms with Gasteiger partial charge in [0.1, 0.15) is 0 Å². The van der Waals surface area contributed by atoms with Crippen LogP contribution in [-0.2, 0) is 20.9 Å². The first-order chi connectivity index (χ1) is 2.41. The van der Waals surface area contributed by atoms with Gasteiger partial charge in [-0.1, -0.05) is 0 Å². The molecule has 0 fully saturated rings. The standard InChI is InChI=1S/CTe2.Cd.Te/c2-1-3;;. The molecule has 0 aromatic carbocycles. The molecule has 0 aromatic heterocycles. The predicted molar refractivity (Wildman–Crippen MR) is 22.3 cm³/mol. The molecule has 0 rings (SSSR count). The Kier molecular flexibility index (Phi) is 34.4. The van der Waals surface area contributed by atoms with Crippen LogP contribution in [0.1, 0.15) is 0 Å². The molecular weight excluding hydrogens is 507 g/mol. The van der Waals surface area contributed by atoms with Gasteiger partial charge in [0, 0.05) is 0 Å². The van der Waals surface area contributed by atoms with Gasteiger partial charge >= 0.3 is 83.1 Å². The zero-order valence-corrected chi connectivity index (χ0v) is 13.5. The summed E-state index contributed by atoms with van der Waals surface area (Å²) in [4.78, 5) is 0. The van der Waals surface area contributed by atoms with Crippen LogP contribution in [0.3, 0.4) is 0 Å². The molecule has 0 aliphatic rings. The van der Waals surface area contributed by atoms with E-state index in [0.717, 1.165) is 20.9 Å². The van der Waals surface area contributed by atoms with Gasteiger partial charge in [-0.15, -0.1) is 0 Å². The molecule has 0 unspecified atom stereocenters. The van der Waals surface area contributed by atoms with E-state index in [1.54, 1.807) is 0 Å². The van der Waals surface area contributed by atoms with Crippen molar-refractivity contribution in [3.8, 4) is 0 Å². The first-order valence-corrected chi connectivity index (χ1v) is 15.7. The van der Waals surface area contributed by atoms with Gasteiger partial charge in [-0.05, 0) is 0 Å². The molecule has 0 aromatic rings. The van der Waals surface area contributed by atoms with Crippen molar-refractivity contribution in [2.45, 2.75) is 0 Å². The van der Waals surface area contributed by atoms with Gasteiger partial charge in [0.2, 0.25) is 0 Å². The molecule has 0 radical (unpaired) electrons. The fourth-order valence-corrected chi connectivity index (χ4v) is 0.